The molecule has 0 spiro atoms. The van der Waals surface area contributed by atoms with Gasteiger partial charge in [0, 0.05) is 6.42 Å². The topological polar surface area (TPSA) is 149 Å². The van der Waals surface area contributed by atoms with Crippen molar-refractivity contribution in [1.82, 2.24) is 5.32 Å². The number of unbranched alkanes of at least 4 members (excludes halogenated alkanes) is 19. The molecule has 1 saturated heterocycles. The molecule has 0 aromatic heterocycles. The van der Waals surface area contributed by atoms with Gasteiger partial charge in [-0.25, -0.2) is 0 Å². The molecule has 1 fully saturated rings. The maximum atomic E-state index is 12.9. The van der Waals surface area contributed by atoms with Crippen LogP contribution in [-0.2, 0) is 14.3 Å². The fourth-order valence-electron chi connectivity index (χ4n) is 6.28. The summed E-state index contributed by atoms with van der Waals surface area (Å²) in [7, 11) is 0. The Hall–Kier alpha value is -1.59. The molecule has 0 aliphatic carbocycles. The highest BCUT2D eigenvalue weighted by atomic mass is 16.7. The molecule has 7 atom stereocenters. The number of nitrogens with one attached hydrogen (secondary N) is 1. The Morgan fingerprint density at radius 2 is 1.12 bits per heavy atom. The van der Waals surface area contributed by atoms with Crippen LogP contribution in [0.25, 0.3) is 0 Å². The van der Waals surface area contributed by atoms with Crippen LogP contribution in [0.1, 0.15) is 168 Å². The molecule has 0 bridgehead atoms. The molecule has 0 radical (unpaired) electrons. The Bertz CT molecular complexity index is 894. The Morgan fingerprint density at radius 3 is 1.65 bits per heavy atom. The van der Waals surface area contributed by atoms with Gasteiger partial charge < -0.3 is 40.3 Å². The zero-order valence-electron chi connectivity index (χ0n) is 32.4. The van der Waals surface area contributed by atoms with Gasteiger partial charge in [0.05, 0.1) is 25.4 Å². The summed E-state index contributed by atoms with van der Waals surface area (Å²) < 4.78 is 11.1. The summed E-state index contributed by atoms with van der Waals surface area (Å²) in [6.07, 6.45) is 31.9. The zero-order chi connectivity index (χ0) is 37.4. The molecule has 298 valence electrons. The lowest BCUT2D eigenvalue weighted by Gasteiger charge is -2.40. The molecule has 1 rings (SSSR count). The van der Waals surface area contributed by atoms with E-state index in [2.05, 4.69) is 43.5 Å². The number of hydrogen-bond donors (Lipinski definition) is 6. The van der Waals surface area contributed by atoms with Crippen LogP contribution in [0.15, 0.2) is 36.5 Å². The summed E-state index contributed by atoms with van der Waals surface area (Å²) in [5, 5.41) is 53.9. The highest BCUT2D eigenvalue weighted by Gasteiger charge is 2.44. The molecule has 0 saturated carbocycles. The number of hydrogen-bond acceptors (Lipinski definition) is 8. The predicted molar refractivity (Wildman–Crippen MR) is 207 cm³/mol. The van der Waals surface area contributed by atoms with E-state index in [4.69, 9.17) is 9.47 Å². The molecule has 1 heterocycles. The highest BCUT2D eigenvalue weighted by molar-refractivity contribution is 5.76. The van der Waals surface area contributed by atoms with Crippen LogP contribution in [0.4, 0.5) is 0 Å². The third-order valence-corrected chi connectivity index (χ3v) is 9.69. The number of carbonyl (C=O) groups excluding carboxylic acids is 1. The van der Waals surface area contributed by atoms with Crippen molar-refractivity contribution in [3.63, 3.8) is 0 Å². The van der Waals surface area contributed by atoms with Crippen molar-refractivity contribution in [3.05, 3.63) is 36.5 Å². The lowest BCUT2D eigenvalue weighted by atomic mass is 9.99. The normalized spacial score (nSPS) is 22.4. The zero-order valence-corrected chi connectivity index (χ0v) is 32.4. The van der Waals surface area contributed by atoms with Crippen LogP contribution in [0.3, 0.4) is 0 Å². The highest BCUT2D eigenvalue weighted by Crippen LogP contribution is 2.22. The van der Waals surface area contributed by atoms with E-state index >= 15 is 0 Å². The van der Waals surface area contributed by atoms with Gasteiger partial charge in [0.15, 0.2) is 6.29 Å². The van der Waals surface area contributed by atoms with Gasteiger partial charge in [-0.05, 0) is 57.8 Å². The van der Waals surface area contributed by atoms with Crippen LogP contribution in [-0.4, -0.2) is 87.5 Å². The second-order valence-electron chi connectivity index (χ2n) is 14.4. The van der Waals surface area contributed by atoms with Gasteiger partial charge in [0.1, 0.15) is 24.4 Å². The first-order valence-corrected chi connectivity index (χ1v) is 20.7. The van der Waals surface area contributed by atoms with E-state index in [1.54, 1.807) is 6.08 Å². The number of ether oxygens (including phenoxy) is 2. The summed E-state index contributed by atoms with van der Waals surface area (Å²) >= 11 is 0. The maximum Gasteiger partial charge on any atom is 0.220 e. The fourth-order valence-corrected chi connectivity index (χ4v) is 6.28. The minimum absolute atomic E-state index is 0.198. The lowest BCUT2D eigenvalue weighted by molar-refractivity contribution is -0.302. The van der Waals surface area contributed by atoms with Crippen molar-refractivity contribution in [2.24, 2.45) is 0 Å². The molecule has 1 amide bonds. The average Bonchev–Trinajstić information content (AvgIpc) is 3.13. The van der Waals surface area contributed by atoms with Crippen LogP contribution >= 0.6 is 0 Å². The molecule has 1 aliphatic heterocycles. The minimum Gasteiger partial charge on any atom is -0.394 e. The summed E-state index contributed by atoms with van der Waals surface area (Å²) in [5.41, 5.74) is 0. The fraction of sp³-hybridized carbons (Fsp3) is 0.833. The molecular weight excluding hydrogens is 646 g/mol. The van der Waals surface area contributed by atoms with Gasteiger partial charge in [-0.1, -0.05) is 140 Å². The van der Waals surface area contributed by atoms with Gasteiger partial charge >= 0.3 is 0 Å². The molecule has 0 aromatic rings. The molecular formula is C42H77NO8. The first-order chi connectivity index (χ1) is 24.8. The number of rotatable bonds is 33. The van der Waals surface area contributed by atoms with Crippen LogP contribution in [0, 0.1) is 0 Å². The smallest absolute Gasteiger partial charge is 0.220 e. The van der Waals surface area contributed by atoms with Crippen LogP contribution in [0.2, 0.25) is 0 Å². The SMILES string of the molecule is CCCCCCCC/C=C/CC/C=C/C(O)C(COC1OC(CO)C(O)C(O)C1O)NC(=O)CCCCCCC/C=C\CCCCCCCCC. The molecule has 1 aliphatic rings. The summed E-state index contributed by atoms with van der Waals surface area (Å²) in [5.74, 6) is -0.198. The summed E-state index contributed by atoms with van der Waals surface area (Å²) in [6, 6.07) is -0.822. The number of aliphatic hydroxyl groups is 5. The maximum absolute atomic E-state index is 12.9. The summed E-state index contributed by atoms with van der Waals surface area (Å²) in [6.45, 7) is 3.71. The number of carbonyl (C=O) groups is 1. The third-order valence-electron chi connectivity index (χ3n) is 9.69. The summed E-state index contributed by atoms with van der Waals surface area (Å²) in [4.78, 5) is 12.9. The van der Waals surface area contributed by atoms with Crippen molar-refractivity contribution in [1.29, 1.82) is 0 Å². The van der Waals surface area contributed by atoms with E-state index in [1.807, 2.05) is 6.08 Å². The van der Waals surface area contributed by atoms with E-state index in [0.717, 1.165) is 57.8 Å². The van der Waals surface area contributed by atoms with Crippen molar-refractivity contribution in [2.75, 3.05) is 13.2 Å². The first kappa shape index (κ1) is 47.4. The second-order valence-corrected chi connectivity index (χ2v) is 14.4. The van der Waals surface area contributed by atoms with Crippen molar-refractivity contribution >= 4 is 5.91 Å². The average molecular weight is 724 g/mol. The van der Waals surface area contributed by atoms with Gasteiger partial charge in [-0.2, -0.15) is 0 Å². The number of aliphatic hydroxyl groups excluding tert-OH is 5. The third kappa shape index (κ3) is 24.4. The van der Waals surface area contributed by atoms with Crippen molar-refractivity contribution in [3.8, 4) is 0 Å². The lowest BCUT2D eigenvalue weighted by Crippen LogP contribution is -2.60. The second kappa shape index (κ2) is 33.0. The monoisotopic (exact) mass is 724 g/mol. The Morgan fingerprint density at radius 1 is 0.647 bits per heavy atom. The van der Waals surface area contributed by atoms with Crippen LogP contribution in [0.5, 0.6) is 0 Å². The molecule has 6 N–H and O–H groups in total. The predicted octanol–water partition coefficient (Wildman–Crippen LogP) is 7.72. The van der Waals surface area contributed by atoms with Gasteiger partial charge in [0.25, 0.3) is 0 Å². The Balaban J connectivity index is 2.44. The minimum atomic E-state index is -1.57. The number of amides is 1. The van der Waals surface area contributed by atoms with Gasteiger partial charge in [-0.15, -0.1) is 0 Å². The molecule has 9 nitrogen and oxygen atoms in total. The molecule has 9 heteroatoms. The van der Waals surface area contributed by atoms with Gasteiger partial charge in [0.2, 0.25) is 5.91 Å². The largest absolute Gasteiger partial charge is 0.394 e. The Labute approximate surface area is 311 Å². The molecule has 7 unspecified atom stereocenters. The quantitative estimate of drug-likeness (QED) is 0.0298. The molecule has 51 heavy (non-hydrogen) atoms. The van der Waals surface area contributed by atoms with E-state index in [0.29, 0.717) is 6.42 Å². The standard InChI is InChI=1S/C42H77NO8/c1-3-5-7-9-11-13-15-17-18-19-20-22-24-26-28-30-32-38(46)43-35(34-50-42-41(49)40(48)39(47)37(33-44)51-42)36(45)31-29-27-25-23-21-16-14-12-10-8-6-4-2/h18-19,21,23,29,31,35-37,39-42,44-45,47-49H,3-17,20,22,24-28,30,32-34H2,1-2H3,(H,43,46)/b19-18-,23-21+,31-29+. The van der Waals surface area contributed by atoms with E-state index in [-0.39, 0.29) is 12.5 Å². The Kier molecular flexibility index (Phi) is 30.7. The van der Waals surface area contributed by atoms with E-state index in [1.165, 1.54) is 89.9 Å². The number of allylic oxidation sites excluding steroid dienone is 5. The van der Waals surface area contributed by atoms with Crippen molar-refractivity contribution < 1.29 is 39.8 Å². The first-order valence-electron chi connectivity index (χ1n) is 20.7. The van der Waals surface area contributed by atoms with Gasteiger partial charge in [-0.3, -0.25) is 4.79 Å². The van der Waals surface area contributed by atoms with Crippen molar-refractivity contribution in [2.45, 2.75) is 211 Å². The molecule has 0 aromatic carbocycles. The van der Waals surface area contributed by atoms with Crippen LogP contribution < -0.4 is 5.32 Å². The van der Waals surface area contributed by atoms with E-state index in [9.17, 15) is 30.3 Å². The van der Waals surface area contributed by atoms with E-state index < -0.39 is 49.5 Å².